The summed E-state index contributed by atoms with van der Waals surface area (Å²) in [5.41, 5.74) is 0.265. The third-order valence-electron chi connectivity index (χ3n) is 2.72. The number of hydrogen-bond donors (Lipinski definition) is 0. The van der Waals surface area contributed by atoms with Crippen molar-refractivity contribution in [2.24, 2.45) is 5.41 Å². The Hall–Kier alpha value is -2.10. The summed E-state index contributed by atoms with van der Waals surface area (Å²) in [6.07, 6.45) is 2.89. The van der Waals surface area contributed by atoms with Crippen molar-refractivity contribution in [3.05, 3.63) is 35.9 Å². The van der Waals surface area contributed by atoms with E-state index in [0.29, 0.717) is 5.75 Å². The normalized spacial score (nSPS) is 11.4. The maximum Gasteiger partial charge on any atom is 0.331 e. The number of esters is 1. The summed E-state index contributed by atoms with van der Waals surface area (Å²) in [6.45, 7) is 5.15. The van der Waals surface area contributed by atoms with Gasteiger partial charge in [0.25, 0.3) is 0 Å². The van der Waals surface area contributed by atoms with Crippen LogP contribution in [0.3, 0.4) is 0 Å². The van der Waals surface area contributed by atoms with Crippen molar-refractivity contribution < 1.29 is 19.1 Å². The molecule has 0 atom stereocenters. The monoisotopic (exact) mass is 276 g/mol. The lowest BCUT2D eigenvalue weighted by molar-refractivity contribution is -0.145. The number of benzene rings is 1. The van der Waals surface area contributed by atoms with Gasteiger partial charge in [-0.1, -0.05) is 39.0 Å². The molecule has 0 amide bonds. The summed E-state index contributed by atoms with van der Waals surface area (Å²) in [4.78, 5) is 23.2. The Bertz CT molecular complexity index is 509. The molecule has 0 aromatic heterocycles. The third kappa shape index (κ3) is 4.88. The summed E-state index contributed by atoms with van der Waals surface area (Å²) in [6, 6.07) is 7.31. The fourth-order valence-electron chi connectivity index (χ4n) is 1.36. The number of methoxy groups -OCH3 is 1. The van der Waals surface area contributed by atoms with Gasteiger partial charge in [-0.2, -0.15) is 0 Å². The summed E-state index contributed by atoms with van der Waals surface area (Å²) < 4.78 is 10.1. The minimum Gasteiger partial charge on any atom is -0.496 e. The number of ether oxygens (including phenoxy) is 2. The molecule has 20 heavy (non-hydrogen) atoms. The van der Waals surface area contributed by atoms with Crippen LogP contribution >= 0.6 is 0 Å². The molecule has 1 aromatic carbocycles. The van der Waals surface area contributed by atoms with Crippen molar-refractivity contribution in [3.63, 3.8) is 0 Å². The molecule has 1 aromatic rings. The predicted octanol–water partition coefficient (Wildman–Crippen LogP) is 2.87. The molecule has 0 aliphatic carbocycles. The highest BCUT2D eigenvalue weighted by Gasteiger charge is 2.21. The molecular weight excluding hydrogens is 256 g/mol. The summed E-state index contributed by atoms with van der Waals surface area (Å²) in [7, 11) is 1.56. The fraction of sp³-hybridized carbons (Fsp3) is 0.375. The number of carbonyl (C=O) groups is 2. The van der Waals surface area contributed by atoms with Gasteiger partial charge >= 0.3 is 5.97 Å². The standard InChI is InChI=1S/C16H20O4/c1-16(2,3)14(17)11-20-15(18)10-9-12-7-5-6-8-13(12)19-4/h5-10H,11H2,1-4H3/b10-9+. The van der Waals surface area contributed by atoms with Crippen LogP contribution in [0.1, 0.15) is 26.3 Å². The molecule has 4 nitrogen and oxygen atoms in total. The second-order valence-electron chi connectivity index (χ2n) is 5.36. The number of carbonyl (C=O) groups excluding carboxylic acids is 2. The van der Waals surface area contributed by atoms with E-state index in [0.717, 1.165) is 5.56 Å². The van der Waals surface area contributed by atoms with Gasteiger partial charge in [0, 0.05) is 17.1 Å². The number of Topliss-reactive ketones (excluding diaryl/α,β-unsaturated/α-hetero) is 1. The molecule has 0 heterocycles. The number of para-hydroxylation sites is 1. The van der Waals surface area contributed by atoms with E-state index in [9.17, 15) is 9.59 Å². The van der Waals surface area contributed by atoms with Gasteiger partial charge in [0.15, 0.2) is 12.4 Å². The molecule has 0 aliphatic rings. The Morgan fingerprint density at radius 3 is 2.45 bits per heavy atom. The largest absolute Gasteiger partial charge is 0.496 e. The number of rotatable bonds is 5. The van der Waals surface area contributed by atoms with Crippen molar-refractivity contribution in [3.8, 4) is 5.75 Å². The molecule has 0 fully saturated rings. The first kappa shape index (κ1) is 16.0. The van der Waals surface area contributed by atoms with Gasteiger partial charge in [0.05, 0.1) is 7.11 Å². The first-order valence-electron chi connectivity index (χ1n) is 6.36. The lowest BCUT2D eigenvalue weighted by Gasteiger charge is -2.15. The van der Waals surface area contributed by atoms with Crippen LogP contribution < -0.4 is 4.74 Å². The maximum atomic E-state index is 11.6. The predicted molar refractivity (Wildman–Crippen MR) is 77.4 cm³/mol. The van der Waals surface area contributed by atoms with Crippen LogP contribution in [0, 0.1) is 5.41 Å². The van der Waals surface area contributed by atoms with E-state index in [1.54, 1.807) is 40.0 Å². The summed E-state index contributed by atoms with van der Waals surface area (Å²) >= 11 is 0. The van der Waals surface area contributed by atoms with E-state index in [2.05, 4.69) is 0 Å². The Morgan fingerprint density at radius 2 is 1.85 bits per heavy atom. The third-order valence-corrected chi connectivity index (χ3v) is 2.72. The maximum absolute atomic E-state index is 11.6. The quantitative estimate of drug-likeness (QED) is 0.613. The van der Waals surface area contributed by atoms with Crippen LogP contribution in [0.15, 0.2) is 30.3 Å². The molecule has 4 heteroatoms. The molecule has 108 valence electrons. The Balaban J connectivity index is 2.58. The van der Waals surface area contributed by atoms with Crippen molar-refractivity contribution in [1.29, 1.82) is 0 Å². The zero-order chi connectivity index (χ0) is 15.2. The lowest BCUT2D eigenvalue weighted by Crippen LogP contribution is -2.25. The van der Waals surface area contributed by atoms with Gasteiger partial charge in [-0.25, -0.2) is 4.79 Å². The molecule has 0 aliphatic heterocycles. The second kappa shape index (κ2) is 6.89. The zero-order valence-corrected chi connectivity index (χ0v) is 12.3. The van der Waals surface area contributed by atoms with E-state index >= 15 is 0 Å². The topological polar surface area (TPSA) is 52.6 Å². The highest BCUT2D eigenvalue weighted by molar-refractivity contribution is 5.91. The van der Waals surface area contributed by atoms with Crippen molar-refractivity contribution in [2.45, 2.75) is 20.8 Å². The van der Waals surface area contributed by atoms with E-state index < -0.39 is 11.4 Å². The van der Waals surface area contributed by atoms with Crippen LogP contribution in [0.25, 0.3) is 6.08 Å². The molecule has 0 saturated carbocycles. The van der Waals surface area contributed by atoms with Crippen LogP contribution in [0.4, 0.5) is 0 Å². The van der Waals surface area contributed by atoms with Crippen LogP contribution in [-0.2, 0) is 14.3 Å². The molecule has 0 unspecified atom stereocenters. The van der Waals surface area contributed by atoms with E-state index in [1.165, 1.54) is 6.08 Å². The summed E-state index contributed by atoms with van der Waals surface area (Å²) in [5, 5.41) is 0. The van der Waals surface area contributed by atoms with E-state index in [-0.39, 0.29) is 12.4 Å². The number of ketones is 1. The molecular formula is C16H20O4. The van der Waals surface area contributed by atoms with Crippen molar-refractivity contribution in [1.82, 2.24) is 0 Å². The Labute approximate surface area is 119 Å². The number of hydrogen-bond acceptors (Lipinski definition) is 4. The zero-order valence-electron chi connectivity index (χ0n) is 12.3. The van der Waals surface area contributed by atoms with Gasteiger partial charge < -0.3 is 9.47 Å². The highest BCUT2D eigenvalue weighted by Crippen LogP contribution is 2.18. The van der Waals surface area contributed by atoms with E-state index in [4.69, 9.17) is 9.47 Å². The van der Waals surface area contributed by atoms with Crippen LogP contribution in [0.2, 0.25) is 0 Å². The average molecular weight is 276 g/mol. The molecule has 0 N–H and O–H groups in total. The average Bonchev–Trinajstić information content (AvgIpc) is 2.41. The Kier molecular flexibility index (Phi) is 5.50. The smallest absolute Gasteiger partial charge is 0.331 e. The van der Waals surface area contributed by atoms with Crippen molar-refractivity contribution >= 4 is 17.8 Å². The molecule has 0 saturated heterocycles. The summed E-state index contributed by atoms with van der Waals surface area (Å²) in [5.74, 6) is 0.00682. The lowest BCUT2D eigenvalue weighted by atomic mass is 9.91. The fourth-order valence-corrected chi connectivity index (χ4v) is 1.36. The van der Waals surface area contributed by atoms with Gasteiger partial charge in [0.1, 0.15) is 5.75 Å². The van der Waals surface area contributed by atoms with Crippen LogP contribution in [0.5, 0.6) is 5.75 Å². The Morgan fingerprint density at radius 1 is 1.20 bits per heavy atom. The second-order valence-corrected chi connectivity index (χ2v) is 5.36. The van der Waals surface area contributed by atoms with Gasteiger partial charge in [-0.3, -0.25) is 4.79 Å². The molecule has 0 bridgehead atoms. The minimum atomic E-state index is -0.548. The van der Waals surface area contributed by atoms with Gasteiger partial charge in [-0.05, 0) is 12.1 Å². The van der Waals surface area contributed by atoms with Gasteiger partial charge in [-0.15, -0.1) is 0 Å². The minimum absolute atomic E-state index is 0.114. The van der Waals surface area contributed by atoms with Crippen LogP contribution in [-0.4, -0.2) is 25.5 Å². The first-order chi connectivity index (χ1) is 9.34. The van der Waals surface area contributed by atoms with E-state index in [1.807, 2.05) is 18.2 Å². The molecule has 1 rings (SSSR count). The van der Waals surface area contributed by atoms with Crippen molar-refractivity contribution in [2.75, 3.05) is 13.7 Å². The molecule has 0 radical (unpaired) electrons. The van der Waals surface area contributed by atoms with Gasteiger partial charge in [0.2, 0.25) is 0 Å². The highest BCUT2D eigenvalue weighted by atomic mass is 16.5. The molecule has 0 spiro atoms. The first-order valence-corrected chi connectivity index (χ1v) is 6.36. The SMILES string of the molecule is COc1ccccc1/C=C/C(=O)OCC(=O)C(C)(C)C.